The Morgan fingerprint density at radius 3 is 2.57 bits per heavy atom. The van der Waals surface area contributed by atoms with Crippen molar-refractivity contribution in [2.24, 2.45) is 5.73 Å². The van der Waals surface area contributed by atoms with Crippen LogP contribution >= 0.6 is 0 Å². The summed E-state index contributed by atoms with van der Waals surface area (Å²) in [6, 6.07) is 2.20. The Morgan fingerprint density at radius 2 is 2.43 bits per heavy atom. The fraction of sp³-hybridized carbons (Fsp3) is 0.800. The van der Waals surface area contributed by atoms with Crippen molar-refractivity contribution in [3.05, 3.63) is 0 Å². The molecular formula is C5H10N2. The van der Waals surface area contributed by atoms with Gasteiger partial charge in [-0.3, -0.25) is 0 Å². The Balaban J connectivity index is 2.86. The second kappa shape index (κ2) is 3.63. The van der Waals surface area contributed by atoms with Crippen LogP contribution in [0, 0.1) is 11.3 Å². The number of rotatable bonds is 2. The molecule has 0 fully saturated rings. The van der Waals surface area contributed by atoms with Crippen LogP contribution in [0.5, 0.6) is 0 Å². The van der Waals surface area contributed by atoms with Crippen molar-refractivity contribution in [3.63, 3.8) is 0 Å². The van der Waals surface area contributed by atoms with Crippen LogP contribution in [-0.4, -0.2) is 6.04 Å². The molecule has 0 aliphatic carbocycles. The smallest absolute Gasteiger partial charge is 0.0622 e. The zero-order valence-electron chi connectivity index (χ0n) is 4.52. The van der Waals surface area contributed by atoms with Crippen molar-refractivity contribution in [1.29, 1.82) is 5.26 Å². The summed E-state index contributed by atoms with van der Waals surface area (Å²) in [6.07, 6.45) is 1.40. The Hall–Kier alpha value is -0.550. The predicted octanol–water partition coefficient (Wildman–Crippen LogP) is 0.637. The van der Waals surface area contributed by atoms with E-state index < -0.39 is 0 Å². The predicted molar refractivity (Wildman–Crippen MR) is 28.5 cm³/mol. The third kappa shape index (κ3) is 5.45. The SMILES string of the molecule is C[C@H](N)CCC#N. The van der Waals surface area contributed by atoms with Gasteiger partial charge in [-0.25, -0.2) is 0 Å². The molecule has 7 heavy (non-hydrogen) atoms. The zero-order chi connectivity index (χ0) is 5.70. The molecule has 0 aromatic heterocycles. The van der Waals surface area contributed by atoms with Gasteiger partial charge in [0.15, 0.2) is 0 Å². The molecule has 0 saturated carbocycles. The van der Waals surface area contributed by atoms with E-state index in [9.17, 15) is 0 Å². The molecule has 0 aliphatic rings. The van der Waals surface area contributed by atoms with Crippen LogP contribution in [0.25, 0.3) is 0 Å². The maximum absolute atomic E-state index is 8.01. The summed E-state index contributed by atoms with van der Waals surface area (Å²) in [5.41, 5.74) is 5.33. The summed E-state index contributed by atoms with van der Waals surface area (Å²) < 4.78 is 0. The van der Waals surface area contributed by atoms with Gasteiger partial charge in [0.2, 0.25) is 0 Å². The molecule has 0 bridgehead atoms. The highest BCUT2D eigenvalue weighted by atomic mass is 14.6. The number of hydrogen-bond donors (Lipinski definition) is 1. The van der Waals surface area contributed by atoms with Crippen LogP contribution in [0.1, 0.15) is 19.8 Å². The lowest BCUT2D eigenvalue weighted by molar-refractivity contribution is 0.680. The molecule has 0 aromatic carbocycles. The van der Waals surface area contributed by atoms with Crippen LogP contribution in [-0.2, 0) is 0 Å². The number of nitrogens with two attached hydrogens (primary N) is 1. The maximum atomic E-state index is 8.01. The van der Waals surface area contributed by atoms with E-state index in [1.165, 1.54) is 0 Å². The highest BCUT2D eigenvalue weighted by Crippen LogP contribution is 1.88. The van der Waals surface area contributed by atoms with E-state index in [0.29, 0.717) is 6.42 Å². The summed E-state index contributed by atoms with van der Waals surface area (Å²) in [4.78, 5) is 0. The standard InChI is InChI=1S/C5H10N2/c1-5(7)3-2-4-6/h5H,2-3,7H2,1H3/t5-/m0/s1. The lowest BCUT2D eigenvalue weighted by Crippen LogP contribution is -2.13. The highest BCUT2D eigenvalue weighted by molar-refractivity contribution is 4.70. The van der Waals surface area contributed by atoms with Gasteiger partial charge in [-0.1, -0.05) is 0 Å². The third-order valence-corrected chi connectivity index (χ3v) is 0.711. The Kier molecular flexibility index (Phi) is 3.35. The molecule has 0 spiro atoms. The molecule has 2 heteroatoms. The van der Waals surface area contributed by atoms with Gasteiger partial charge in [-0.2, -0.15) is 5.26 Å². The number of nitrogens with zero attached hydrogens (tertiary/aromatic N) is 1. The normalized spacial score (nSPS) is 12.7. The molecule has 0 heterocycles. The summed E-state index contributed by atoms with van der Waals surface area (Å²) in [5, 5.41) is 8.01. The van der Waals surface area contributed by atoms with Gasteiger partial charge in [0.05, 0.1) is 6.07 Å². The minimum Gasteiger partial charge on any atom is -0.328 e. The van der Waals surface area contributed by atoms with Crippen LogP contribution in [0.3, 0.4) is 0 Å². The fourth-order valence-corrected chi connectivity index (χ4v) is 0.292. The molecule has 2 N–H and O–H groups in total. The second-order valence-electron chi connectivity index (χ2n) is 1.67. The van der Waals surface area contributed by atoms with E-state index in [4.69, 9.17) is 11.0 Å². The Morgan fingerprint density at radius 1 is 1.86 bits per heavy atom. The molecule has 40 valence electrons. The monoisotopic (exact) mass is 98.1 g/mol. The van der Waals surface area contributed by atoms with Gasteiger partial charge in [-0.05, 0) is 13.3 Å². The quantitative estimate of drug-likeness (QED) is 0.551. The number of nitriles is 1. The first-order valence-corrected chi connectivity index (χ1v) is 2.40. The Labute approximate surface area is 43.9 Å². The van der Waals surface area contributed by atoms with Gasteiger partial charge in [0.1, 0.15) is 0 Å². The molecule has 2 nitrogen and oxygen atoms in total. The number of hydrogen-bond acceptors (Lipinski definition) is 2. The average molecular weight is 98.1 g/mol. The Bertz CT molecular complexity index is 70.6. The van der Waals surface area contributed by atoms with Crippen LogP contribution in [0.15, 0.2) is 0 Å². The van der Waals surface area contributed by atoms with E-state index in [1.54, 1.807) is 0 Å². The van der Waals surface area contributed by atoms with Crippen molar-refractivity contribution >= 4 is 0 Å². The maximum Gasteiger partial charge on any atom is 0.0622 e. The summed E-state index contributed by atoms with van der Waals surface area (Å²) >= 11 is 0. The van der Waals surface area contributed by atoms with E-state index in [2.05, 4.69) is 0 Å². The summed E-state index contributed by atoms with van der Waals surface area (Å²) in [5.74, 6) is 0. The highest BCUT2D eigenvalue weighted by Gasteiger charge is 1.88. The first-order valence-electron chi connectivity index (χ1n) is 2.40. The molecule has 0 aliphatic heterocycles. The topological polar surface area (TPSA) is 49.8 Å². The third-order valence-electron chi connectivity index (χ3n) is 0.711. The first-order chi connectivity index (χ1) is 3.27. The molecule has 0 rings (SSSR count). The summed E-state index contributed by atoms with van der Waals surface area (Å²) in [7, 11) is 0. The molecule has 0 amide bonds. The van der Waals surface area contributed by atoms with Gasteiger partial charge in [0, 0.05) is 12.5 Å². The van der Waals surface area contributed by atoms with Gasteiger partial charge in [0.25, 0.3) is 0 Å². The van der Waals surface area contributed by atoms with Crippen molar-refractivity contribution in [3.8, 4) is 6.07 Å². The molecule has 0 aromatic rings. The zero-order valence-corrected chi connectivity index (χ0v) is 4.52. The summed E-state index contributed by atoms with van der Waals surface area (Å²) in [6.45, 7) is 1.90. The van der Waals surface area contributed by atoms with E-state index >= 15 is 0 Å². The average Bonchev–Trinajstić information content (AvgIpc) is 1.61. The van der Waals surface area contributed by atoms with Crippen LogP contribution in [0.2, 0.25) is 0 Å². The molecule has 0 unspecified atom stereocenters. The van der Waals surface area contributed by atoms with Crippen LogP contribution < -0.4 is 5.73 Å². The van der Waals surface area contributed by atoms with Gasteiger partial charge >= 0.3 is 0 Å². The largest absolute Gasteiger partial charge is 0.328 e. The molecule has 1 atom stereocenters. The lowest BCUT2D eigenvalue weighted by atomic mass is 10.2. The fourth-order valence-electron chi connectivity index (χ4n) is 0.292. The molecule has 0 saturated heterocycles. The van der Waals surface area contributed by atoms with Crippen molar-refractivity contribution in [2.45, 2.75) is 25.8 Å². The lowest BCUT2D eigenvalue weighted by Gasteiger charge is -1.95. The first kappa shape index (κ1) is 6.45. The van der Waals surface area contributed by atoms with E-state index in [-0.39, 0.29) is 6.04 Å². The van der Waals surface area contributed by atoms with E-state index in [0.717, 1.165) is 6.42 Å². The van der Waals surface area contributed by atoms with Gasteiger partial charge in [-0.15, -0.1) is 0 Å². The van der Waals surface area contributed by atoms with Crippen molar-refractivity contribution < 1.29 is 0 Å². The van der Waals surface area contributed by atoms with Crippen LogP contribution in [0.4, 0.5) is 0 Å². The van der Waals surface area contributed by atoms with Crippen molar-refractivity contribution in [1.82, 2.24) is 0 Å². The van der Waals surface area contributed by atoms with Gasteiger partial charge < -0.3 is 5.73 Å². The molecule has 0 radical (unpaired) electrons. The minimum atomic E-state index is 0.180. The van der Waals surface area contributed by atoms with E-state index in [1.807, 2.05) is 13.0 Å². The molecular weight excluding hydrogens is 88.1 g/mol. The second-order valence-corrected chi connectivity index (χ2v) is 1.67. The van der Waals surface area contributed by atoms with Crippen molar-refractivity contribution in [2.75, 3.05) is 0 Å². The minimum absolute atomic E-state index is 0.180.